The number of nitrogens with one attached hydrogen (secondary N) is 1. The Morgan fingerprint density at radius 3 is 2.27 bits per heavy atom. The number of esters is 1. The molecule has 4 aliphatic carbocycles. The summed E-state index contributed by atoms with van der Waals surface area (Å²) in [5.41, 5.74) is 0.921. The summed E-state index contributed by atoms with van der Waals surface area (Å²) in [4.78, 5) is 24.2. The predicted molar refractivity (Wildman–Crippen MR) is 96.5 cm³/mol. The first-order chi connectivity index (χ1) is 12.3. The molecule has 5 rings (SSSR count). The molecule has 0 aromatic heterocycles. The van der Waals surface area contributed by atoms with Crippen molar-refractivity contribution in [3.05, 3.63) is 35.9 Å². The van der Waals surface area contributed by atoms with Crippen LogP contribution in [0.5, 0.6) is 0 Å². The van der Waals surface area contributed by atoms with Crippen LogP contribution in [0.4, 0.5) is 4.79 Å². The summed E-state index contributed by atoms with van der Waals surface area (Å²) in [6, 6.07) is 8.68. The van der Waals surface area contributed by atoms with Crippen molar-refractivity contribution in [2.45, 2.75) is 57.9 Å². The zero-order valence-corrected chi connectivity index (χ0v) is 15.5. The quantitative estimate of drug-likeness (QED) is 0.645. The zero-order valence-electron chi connectivity index (χ0n) is 15.5. The minimum Gasteiger partial charge on any atom is -0.424 e. The second kappa shape index (κ2) is 6.00. The van der Waals surface area contributed by atoms with Gasteiger partial charge in [0.25, 0.3) is 0 Å². The van der Waals surface area contributed by atoms with E-state index in [2.05, 4.69) is 19.2 Å². The lowest BCUT2D eigenvalue weighted by Crippen LogP contribution is -2.65. The number of hydrogen-bond acceptors (Lipinski definition) is 4. The molecule has 1 amide bonds. The maximum Gasteiger partial charge on any atom is 0.410 e. The van der Waals surface area contributed by atoms with E-state index >= 15 is 0 Å². The highest BCUT2D eigenvalue weighted by molar-refractivity contribution is 5.89. The van der Waals surface area contributed by atoms with Gasteiger partial charge in [0.1, 0.15) is 0 Å². The van der Waals surface area contributed by atoms with Crippen molar-refractivity contribution in [2.75, 3.05) is 6.79 Å². The molecule has 0 radical (unpaired) electrons. The van der Waals surface area contributed by atoms with Crippen LogP contribution in [0.15, 0.2) is 30.3 Å². The Bertz CT molecular complexity index is 698. The third-order valence-corrected chi connectivity index (χ3v) is 6.38. The SMILES string of the molecule is C[C@]12CC3CC(NC(=O)OCOC(=O)c4ccccc4)(C1)C[C@@](C)(C3)C2. The van der Waals surface area contributed by atoms with Gasteiger partial charge < -0.3 is 14.8 Å². The Hall–Kier alpha value is -2.04. The minimum atomic E-state index is -0.492. The number of carbonyl (C=O) groups is 2. The Labute approximate surface area is 154 Å². The molecule has 2 unspecified atom stereocenters. The average Bonchev–Trinajstić information content (AvgIpc) is 2.51. The molecule has 4 atom stereocenters. The van der Waals surface area contributed by atoms with Crippen molar-refractivity contribution in [3.63, 3.8) is 0 Å². The van der Waals surface area contributed by atoms with Gasteiger partial charge in [-0.3, -0.25) is 0 Å². The van der Waals surface area contributed by atoms with Gasteiger partial charge in [-0.15, -0.1) is 0 Å². The number of carbonyl (C=O) groups excluding carboxylic acids is 2. The highest BCUT2D eigenvalue weighted by Gasteiger charge is 2.60. The van der Waals surface area contributed by atoms with E-state index in [-0.39, 0.29) is 12.3 Å². The van der Waals surface area contributed by atoms with Gasteiger partial charge in [-0.05, 0) is 67.4 Å². The molecule has 4 fully saturated rings. The number of rotatable bonds is 4. The fraction of sp³-hybridized carbons (Fsp3) is 0.619. The molecule has 5 nitrogen and oxygen atoms in total. The van der Waals surface area contributed by atoms with Gasteiger partial charge in [0.15, 0.2) is 0 Å². The van der Waals surface area contributed by atoms with E-state index < -0.39 is 12.1 Å². The molecule has 4 aliphatic rings. The fourth-order valence-electron chi connectivity index (χ4n) is 6.63. The Kier molecular flexibility index (Phi) is 4.01. The Balaban J connectivity index is 1.32. The molecule has 0 spiro atoms. The second-order valence-electron chi connectivity index (χ2n) is 9.38. The first-order valence-electron chi connectivity index (χ1n) is 9.46. The van der Waals surface area contributed by atoms with Crippen LogP contribution < -0.4 is 5.32 Å². The number of amides is 1. The molecule has 1 aromatic rings. The Morgan fingerprint density at radius 2 is 1.65 bits per heavy atom. The summed E-state index contributed by atoms with van der Waals surface area (Å²) >= 11 is 0. The topological polar surface area (TPSA) is 64.6 Å². The average molecular weight is 357 g/mol. The molecule has 4 saturated carbocycles. The molecule has 4 bridgehead atoms. The Morgan fingerprint density at radius 1 is 1.00 bits per heavy atom. The van der Waals surface area contributed by atoms with Gasteiger partial charge in [-0.25, -0.2) is 9.59 Å². The third kappa shape index (κ3) is 3.31. The van der Waals surface area contributed by atoms with Crippen LogP contribution in [0.2, 0.25) is 0 Å². The molecule has 5 heteroatoms. The van der Waals surface area contributed by atoms with E-state index in [0.29, 0.717) is 22.3 Å². The van der Waals surface area contributed by atoms with Crippen LogP contribution >= 0.6 is 0 Å². The van der Waals surface area contributed by atoms with Crippen LogP contribution in [-0.2, 0) is 9.47 Å². The van der Waals surface area contributed by atoms with Crippen LogP contribution in [0.3, 0.4) is 0 Å². The van der Waals surface area contributed by atoms with Gasteiger partial charge in [0, 0.05) is 5.54 Å². The molecule has 1 N–H and O–H groups in total. The minimum absolute atomic E-state index is 0.163. The van der Waals surface area contributed by atoms with Gasteiger partial charge in [0.2, 0.25) is 6.79 Å². The van der Waals surface area contributed by atoms with Crippen molar-refractivity contribution >= 4 is 12.1 Å². The molecular weight excluding hydrogens is 330 g/mol. The second-order valence-corrected chi connectivity index (χ2v) is 9.38. The van der Waals surface area contributed by atoms with Gasteiger partial charge in [0.05, 0.1) is 5.56 Å². The highest BCUT2D eigenvalue weighted by Crippen LogP contribution is 2.66. The maximum atomic E-state index is 12.3. The fourth-order valence-corrected chi connectivity index (χ4v) is 6.63. The van der Waals surface area contributed by atoms with E-state index in [1.807, 2.05) is 6.07 Å². The number of ether oxygens (including phenoxy) is 2. The molecule has 1 aromatic carbocycles. The summed E-state index contributed by atoms with van der Waals surface area (Å²) in [5.74, 6) is 0.200. The van der Waals surface area contributed by atoms with Gasteiger partial charge in [-0.2, -0.15) is 0 Å². The van der Waals surface area contributed by atoms with Crippen LogP contribution in [0.1, 0.15) is 62.7 Å². The lowest BCUT2D eigenvalue weighted by molar-refractivity contribution is -0.116. The third-order valence-electron chi connectivity index (χ3n) is 6.38. The predicted octanol–water partition coefficient (Wildman–Crippen LogP) is 4.28. The summed E-state index contributed by atoms with van der Waals surface area (Å²) in [6.45, 7) is 4.35. The van der Waals surface area contributed by atoms with E-state index in [1.54, 1.807) is 24.3 Å². The highest BCUT2D eigenvalue weighted by atomic mass is 16.7. The number of alkyl carbamates (subject to hydrolysis) is 1. The van der Waals surface area contributed by atoms with Crippen LogP contribution in [-0.4, -0.2) is 24.4 Å². The first-order valence-corrected chi connectivity index (χ1v) is 9.46. The van der Waals surface area contributed by atoms with E-state index in [0.717, 1.165) is 19.3 Å². The largest absolute Gasteiger partial charge is 0.424 e. The molecule has 26 heavy (non-hydrogen) atoms. The lowest BCUT2D eigenvalue weighted by atomic mass is 9.43. The maximum absolute atomic E-state index is 12.3. The number of hydrogen-bond donors (Lipinski definition) is 1. The monoisotopic (exact) mass is 357 g/mol. The van der Waals surface area contributed by atoms with E-state index in [1.165, 1.54) is 19.3 Å². The normalized spacial score (nSPS) is 37.2. The lowest BCUT2D eigenvalue weighted by Gasteiger charge is -2.65. The first kappa shape index (κ1) is 17.4. The van der Waals surface area contributed by atoms with E-state index in [9.17, 15) is 9.59 Å². The smallest absolute Gasteiger partial charge is 0.410 e. The van der Waals surface area contributed by atoms with Crippen molar-refractivity contribution in [1.29, 1.82) is 0 Å². The summed E-state index contributed by atoms with van der Waals surface area (Å²) in [5, 5.41) is 3.14. The molecule has 0 saturated heterocycles. The van der Waals surface area contributed by atoms with Crippen LogP contribution in [0, 0.1) is 16.7 Å². The summed E-state index contributed by atoms with van der Waals surface area (Å²) in [7, 11) is 0. The van der Waals surface area contributed by atoms with Gasteiger partial charge in [-0.1, -0.05) is 32.0 Å². The van der Waals surface area contributed by atoms with Gasteiger partial charge >= 0.3 is 12.1 Å². The standard InChI is InChI=1S/C21H27NO4/c1-19-8-15-9-20(2,11-19)13-21(10-15,12-19)22-18(24)26-14-25-17(23)16-6-4-3-5-7-16/h3-7,15H,8-14H2,1-2H3,(H,22,24)/t15?,19-,20+,21?. The summed E-state index contributed by atoms with van der Waals surface area (Å²) in [6.07, 6.45) is 6.39. The van der Waals surface area contributed by atoms with Crippen molar-refractivity contribution in [1.82, 2.24) is 5.32 Å². The number of benzene rings is 1. The van der Waals surface area contributed by atoms with Crippen LogP contribution in [0.25, 0.3) is 0 Å². The zero-order chi connectivity index (χ0) is 18.4. The van der Waals surface area contributed by atoms with Crippen molar-refractivity contribution in [3.8, 4) is 0 Å². The van der Waals surface area contributed by atoms with Crippen molar-refractivity contribution in [2.24, 2.45) is 16.7 Å². The molecule has 0 aliphatic heterocycles. The van der Waals surface area contributed by atoms with E-state index in [4.69, 9.17) is 9.47 Å². The summed E-state index contributed by atoms with van der Waals surface area (Å²) < 4.78 is 10.2. The molecule has 140 valence electrons. The molecule has 0 heterocycles. The molecular formula is C21H27NO4. The van der Waals surface area contributed by atoms with Crippen molar-refractivity contribution < 1.29 is 19.1 Å².